The highest BCUT2D eigenvalue weighted by Gasteiger charge is 2.03. The van der Waals surface area contributed by atoms with Crippen molar-refractivity contribution in [3.05, 3.63) is 30.7 Å². The van der Waals surface area contributed by atoms with E-state index >= 15 is 0 Å². The van der Waals surface area contributed by atoms with E-state index in [0.717, 1.165) is 0 Å². The third-order valence-electron chi connectivity index (χ3n) is 2.09. The van der Waals surface area contributed by atoms with E-state index in [1.54, 1.807) is 18.3 Å². The molecule has 0 aliphatic heterocycles. The zero-order valence-corrected chi connectivity index (χ0v) is 7.12. The lowest BCUT2D eigenvalue weighted by Crippen LogP contribution is -1.91. The second-order valence-corrected chi connectivity index (χ2v) is 2.96. The van der Waals surface area contributed by atoms with Crippen LogP contribution < -0.4 is 0 Å². The predicted molar refractivity (Wildman–Crippen MR) is 50.0 cm³/mol. The molecule has 0 radical (unpaired) electrons. The van der Waals surface area contributed by atoms with Gasteiger partial charge in [0.1, 0.15) is 12.1 Å². The van der Waals surface area contributed by atoms with E-state index in [4.69, 9.17) is 0 Å². The van der Waals surface area contributed by atoms with Gasteiger partial charge in [0.25, 0.3) is 5.78 Å². The maximum absolute atomic E-state index is 9.57. The Hall–Kier alpha value is -2.17. The van der Waals surface area contributed by atoms with Crippen molar-refractivity contribution in [2.75, 3.05) is 0 Å². The third-order valence-corrected chi connectivity index (χ3v) is 2.09. The van der Waals surface area contributed by atoms with E-state index in [1.807, 2.05) is 6.07 Å². The van der Waals surface area contributed by atoms with Gasteiger partial charge < -0.3 is 5.11 Å². The molecule has 3 aromatic rings. The first-order valence-electron chi connectivity index (χ1n) is 4.13. The normalized spacial score (nSPS) is 11.1. The van der Waals surface area contributed by atoms with E-state index in [1.165, 1.54) is 10.8 Å². The maximum atomic E-state index is 9.57. The fourth-order valence-electron chi connectivity index (χ4n) is 1.42. The van der Waals surface area contributed by atoms with Gasteiger partial charge in [-0.3, -0.25) is 0 Å². The number of aromatic hydroxyl groups is 1. The molecule has 0 saturated heterocycles. The van der Waals surface area contributed by atoms with Crippen molar-refractivity contribution in [3.63, 3.8) is 0 Å². The van der Waals surface area contributed by atoms with Gasteiger partial charge in [0, 0.05) is 6.20 Å². The lowest BCUT2D eigenvalue weighted by Gasteiger charge is -1.99. The summed E-state index contributed by atoms with van der Waals surface area (Å²) in [4.78, 5) is 8.19. The van der Waals surface area contributed by atoms with E-state index in [2.05, 4.69) is 15.1 Å². The number of phenolic OH excluding ortho intramolecular Hbond substituents is 1. The minimum atomic E-state index is 0.201. The van der Waals surface area contributed by atoms with Gasteiger partial charge in [0.15, 0.2) is 0 Å². The molecule has 14 heavy (non-hydrogen) atoms. The molecule has 0 fully saturated rings. The van der Waals surface area contributed by atoms with Crippen LogP contribution >= 0.6 is 0 Å². The predicted octanol–water partition coefficient (Wildman–Crippen LogP) is 0.983. The van der Waals surface area contributed by atoms with E-state index in [9.17, 15) is 5.11 Å². The molecule has 68 valence electrons. The largest absolute Gasteiger partial charge is 0.507 e. The lowest BCUT2D eigenvalue weighted by atomic mass is 10.2. The average Bonchev–Trinajstić information content (AvgIpc) is 2.62. The fourth-order valence-corrected chi connectivity index (χ4v) is 1.42. The Labute approximate surface area is 78.7 Å². The summed E-state index contributed by atoms with van der Waals surface area (Å²) in [5, 5.41) is 14.2. The highest BCUT2D eigenvalue weighted by molar-refractivity contribution is 5.84. The first kappa shape index (κ1) is 7.25. The molecule has 0 amide bonds. The standard InChI is InChI=1S/C9H6N4O/c14-8-3-1-2-7-6(8)4-13-9(12-7)10-5-11-13/h1-5,14H. The molecule has 0 saturated carbocycles. The van der Waals surface area contributed by atoms with Crippen LogP contribution in [0.4, 0.5) is 0 Å². The van der Waals surface area contributed by atoms with Gasteiger partial charge >= 0.3 is 0 Å². The summed E-state index contributed by atoms with van der Waals surface area (Å²) in [6, 6.07) is 5.19. The fraction of sp³-hybridized carbons (Fsp3) is 0. The molecule has 0 atom stereocenters. The molecular weight excluding hydrogens is 180 g/mol. The van der Waals surface area contributed by atoms with Crippen LogP contribution in [0.3, 0.4) is 0 Å². The van der Waals surface area contributed by atoms with Gasteiger partial charge in [-0.05, 0) is 12.1 Å². The van der Waals surface area contributed by atoms with Crippen LogP contribution in [0.15, 0.2) is 30.7 Å². The molecule has 5 nitrogen and oxygen atoms in total. The smallest absolute Gasteiger partial charge is 0.252 e. The van der Waals surface area contributed by atoms with Crippen molar-refractivity contribution in [1.29, 1.82) is 0 Å². The number of hydrogen-bond donors (Lipinski definition) is 1. The van der Waals surface area contributed by atoms with Gasteiger partial charge in [-0.2, -0.15) is 10.1 Å². The molecule has 2 aromatic heterocycles. The molecular formula is C9H6N4O. The number of benzene rings is 1. The second kappa shape index (κ2) is 2.41. The topological polar surface area (TPSA) is 63.3 Å². The summed E-state index contributed by atoms with van der Waals surface area (Å²) in [5.74, 6) is 0.732. The molecule has 0 bridgehead atoms. The molecule has 0 unspecified atom stereocenters. The third kappa shape index (κ3) is 0.861. The number of rotatable bonds is 0. The summed E-state index contributed by atoms with van der Waals surface area (Å²) in [7, 11) is 0. The van der Waals surface area contributed by atoms with Crippen molar-refractivity contribution in [2.24, 2.45) is 0 Å². The highest BCUT2D eigenvalue weighted by atomic mass is 16.3. The summed E-state index contributed by atoms with van der Waals surface area (Å²) >= 11 is 0. The molecule has 0 aliphatic carbocycles. The number of fused-ring (bicyclic) bond motifs is 2. The molecule has 1 N–H and O–H groups in total. The number of hydrogen-bond acceptors (Lipinski definition) is 4. The molecule has 5 heteroatoms. The maximum Gasteiger partial charge on any atom is 0.252 e. The van der Waals surface area contributed by atoms with Crippen LogP contribution in [0.2, 0.25) is 0 Å². The Morgan fingerprint density at radius 3 is 3.14 bits per heavy atom. The van der Waals surface area contributed by atoms with Crippen LogP contribution in [-0.4, -0.2) is 24.7 Å². The number of phenols is 1. The van der Waals surface area contributed by atoms with E-state index < -0.39 is 0 Å². The molecule has 0 spiro atoms. The summed E-state index contributed by atoms with van der Waals surface area (Å²) < 4.78 is 1.53. The van der Waals surface area contributed by atoms with Crippen LogP contribution in [0.1, 0.15) is 0 Å². The Kier molecular flexibility index (Phi) is 1.25. The van der Waals surface area contributed by atoms with Gasteiger partial charge in [-0.25, -0.2) is 9.50 Å². The van der Waals surface area contributed by atoms with Crippen molar-refractivity contribution < 1.29 is 5.11 Å². The highest BCUT2D eigenvalue weighted by Crippen LogP contribution is 2.22. The molecule has 3 rings (SSSR count). The van der Waals surface area contributed by atoms with Gasteiger partial charge in [0.05, 0.1) is 10.9 Å². The average molecular weight is 186 g/mol. The van der Waals surface area contributed by atoms with Crippen LogP contribution in [-0.2, 0) is 0 Å². The number of nitrogens with zero attached hydrogens (tertiary/aromatic N) is 4. The van der Waals surface area contributed by atoms with Gasteiger partial charge in [-0.1, -0.05) is 6.07 Å². The van der Waals surface area contributed by atoms with Gasteiger partial charge in [-0.15, -0.1) is 0 Å². The molecule has 0 aliphatic rings. The summed E-state index contributed by atoms with van der Waals surface area (Å²) in [6.07, 6.45) is 3.14. The second-order valence-electron chi connectivity index (χ2n) is 2.96. The number of aromatic nitrogens is 4. The van der Waals surface area contributed by atoms with Gasteiger partial charge in [0.2, 0.25) is 0 Å². The zero-order chi connectivity index (χ0) is 9.54. The zero-order valence-electron chi connectivity index (χ0n) is 7.12. The quantitative estimate of drug-likeness (QED) is 0.568. The summed E-state index contributed by atoms with van der Waals surface area (Å²) in [5.41, 5.74) is 0.713. The van der Waals surface area contributed by atoms with Crippen molar-refractivity contribution in [2.45, 2.75) is 0 Å². The monoisotopic (exact) mass is 186 g/mol. The van der Waals surface area contributed by atoms with Crippen LogP contribution in [0.25, 0.3) is 16.7 Å². The Morgan fingerprint density at radius 2 is 2.21 bits per heavy atom. The molecule has 2 heterocycles. The Bertz CT molecular complexity index is 616. The SMILES string of the molecule is Oc1cccc2nc3ncnn3cc12. The first-order chi connectivity index (χ1) is 6.84. The molecule has 1 aromatic carbocycles. The van der Waals surface area contributed by atoms with Crippen LogP contribution in [0, 0.1) is 0 Å². The van der Waals surface area contributed by atoms with Crippen molar-refractivity contribution in [1.82, 2.24) is 19.6 Å². The lowest BCUT2D eigenvalue weighted by molar-refractivity contribution is 0.481. The Morgan fingerprint density at radius 1 is 1.29 bits per heavy atom. The Balaban J connectivity index is 2.57. The van der Waals surface area contributed by atoms with Crippen molar-refractivity contribution in [3.8, 4) is 5.75 Å². The van der Waals surface area contributed by atoms with Crippen LogP contribution in [0.5, 0.6) is 5.75 Å². The minimum Gasteiger partial charge on any atom is -0.507 e. The van der Waals surface area contributed by atoms with E-state index in [0.29, 0.717) is 16.7 Å². The first-order valence-corrected chi connectivity index (χ1v) is 4.13. The minimum absolute atomic E-state index is 0.201. The van der Waals surface area contributed by atoms with Crippen molar-refractivity contribution >= 4 is 16.7 Å². The summed E-state index contributed by atoms with van der Waals surface area (Å²) in [6.45, 7) is 0. The van der Waals surface area contributed by atoms with E-state index in [-0.39, 0.29) is 5.75 Å².